The van der Waals surface area contributed by atoms with E-state index < -0.39 is 11.7 Å². The first-order valence-electron chi connectivity index (χ1n) is 12.4. The maximum Gasteiger partial charge on any atom is 0.416 e. The van der Waals surface area contributed by atoms with Crippen LogP contribution in [-0.2, 0) is 6.18 Å². The van der Waals surface area contributed by atoms with E-state index in [0.717, 1.165) is 41.9 Å². The quantitative estimate of drug-likeness (QED) is 0.194. The Kier molecular flexibility index (Phi) is 7.74. The van der Waals surface area contributed by atoms with Gasteiger partial charge in [-0.05, 0) is 54.5 Å². The average Bonchev–Trinajstić information content (AvgIpc) is 3.64. The largest absolute Gasteiger partial charge is 0.493 e. The van der Waals surface area contributed by atoms with Crippen LogP contribution >= 0.6 is 11.3 Å². The van der Waals surface area contributed by atoms with Crippen molar-refractivity contribution < 1.29 is 27.1 Å². The molecule has 0 N–H and O–H groups in total. The van der Waals surface area contributed by atoms with Gasteiger partial charge in [-0.3, -0.25) is 4.79 Å². The van der Waals surface area contributed by atoms with Crippen LogP contribution in [0.25, 0.3) is 34.5 Å². The van der Waals surface area contributed by atoms with Gasteiger partial charge in [0.1, 0.15) is 16.1 Å². The highest BCUT2D eigenvalue weighted by atomic mass is 32.1. The zero-order valence-corrected chi connectivity index (χ0v) is 22.4. The van der Waals surface area contributed by atoms with Crippen LogP contribution in [0.2, 0.25) is 0 Å². The number of ether oxygens (including phenoxy) is 2. The van der Waals surface area contributed by atoms with Gasteiger partial charge in [-0.15, -0.1) is 5.10 Å². The second-order valence-electron chi connectivity index (χ2n) is 8.81. The second-order valence-corrected chi connectivity index (χ2v) is 9.82. The van der Waals surface area contributed by atoms with Crippen molar-refractivity contribution in [2.75, 3.05) is 13.7 Å². The number of methoxy groups -OCH3 is 1. The summed E-state index contributed by atoms with van der Waals surface area (Å²) >= 11 is 1.13. The number of furan rings is 1. The van der Waals surface area contributed by atoms with Gasteiger partial charge in [-0.1, -0.05) is 49.0 Å². The van der Waals surface area contributed by atoms with Gasteiger partial charge in [0.2, 0.25) is 4.96 Å². The molecule has 0 atom stereocenters. The molecule has 0 aliphatic carbocycles. The molecular formula is C29H24F3N3O4S. The van der Waals surface area contributed by atoms with E-state index >= 15 is 0 Å². The fourth-order valence-corrected chi connectivity index (χ4v) is 4.78. The summed E-state index contributed by atoms with van der Waals surface area (Å²) in [5.74, 6) is 2.24. The van der Waals surface area contributed by atoms with Crippen molar-refractivity contribution in [1.29, 1.82) is 0 Å². The molecule has 0 aliphatic heterocycles. The first-order chi connectivity index (χ1) is 19.2. The van der Waals surface area contributed by atoms with E-state index in [1.807, 2.05) is 24.3 Å². The zero-order valence-electron chi connectivity index (χ0n) is 21.6. The summed E-state index contributed by atoms with van der Waals surface area (Å²) < 4.78 is 57.6. The van der Waals surface area contributed by atoms with Gasteiger partial charge in [0.05, 0.1) is 19.3 Å². The van der Waals surface area contributed by atoms with E-state index in [4.69, 9.17) is 13.9 Å². The van der Waals surface area contributed by atoms with Crippen molar-refractivity contribution in [3.8, 4) is 22.8 Å². The summed E-state index contributed by atoms with van der Waals surface area (Å²) in [7, 11) is 1.58. The number of hydrogen-bond acceptors (Lipinski definition) is 7. The fourth-order valence-electron chi connectivity index (χ4n) is 3.89. The first-order valence-corrected chi connectivity index (χ1v) is 13.2. The summed E-state index contributed by atoms with van der Waals surface area (Å²) in [5, 5.41) is 4.29. The van der Waals surface area contributed by atoms with E-state index in [1.165, 1.54) is 22.7 Å². The number of unbranched alkanes of at least 4 members (excludes halogenated alkanes) is 1. The van der Waals surface area contributed by atoms with Crippen LogP contribution < -0.4 is 19.6 Å². The summed E-state index contributed by atoms with van der Waals surface area (Å²) in [6.45, 7) is 2.71. The van der Waals surface area contributed by atoms with Gasteiger partial charge in [0.25, 0.3) is 5.56 Å². The van der Waals surface area contributed by atoms with Crippen LogP contribution in [0.5, 0.6) is 11.5 Å². The van der Waals surface area contributed by atoms with E-state index in [2.05, 4.69) is 17.0 Å². The molecule has 7 nitrogen and oxygen atoms in total. The van der Waals surface area contributed by atoms with E-state index in [9.17, 15) is 18.0 Å². The zero-order chi connectivity index (χ0) is 28.3. The Balaban J connectivity index is 1.34. The maximum atomic E-state index is 13.0. The topological polar surface area (TPSA) is 78.9 Å². The molecule has 5 aromatic rings. The van der Waals surface area contributed by atoms with E-state index in [1.54, 1.807) is 25.3 Å². The molecule has 0 fully saturated rings. The van der Waals surface area contributed by atoms with Crippen LogP contribution in [0, 0.1) is 0 Å². The van der Waals surface area contributed by atoms with E-state index in [0.29, 0.717) is 39.2 Å². The highest BCUT2D eigenvalue weighted by Crippen LogP contribution is 2.33. The number of nitrogens with zero attached hydrogens (tertiary/aromatic N) is 3. The predicted molar refractivity (Wildman–Crippen MR) is 147 cm³/mol. The number of thiazole rings is 1. The third kappa shape index (κ3) is 5.94. The number of alkyl halides is 3. The molecule has 5 rings (SSSR count). The molecule has 3 aromatic heterocycles. The Labute approximate surface area is 230 Å². The van der Waals surface area contributed by atoms with Crippen LogP contribution in [0.1, 0.15) is 42.5 Å². The van der Waals surface area contributed by atoms with Gasteiger partial charge in [0, 0.05) is 11.6 Å². The monoisotopic (exact) mass is 567 g/mol. The minimum atomic E-state index is -4.46. The minimum absolute atomic E-state index is 0.258. The summed E-state index contributed by atoms with van der Waals surface area (Å²) in [6.07, 6.45) is 2.57. The van der Waals surface area contributed by atoms with Crippen molar-refractivity contribution >= 4 is 34.5 Å². The maximum absolute atomic E-state index is 13.0. The molecule has 0 aliphatic rings. The Morgan fingerprint density at radius 3 is 2.67 bits per heavy atom. The van der Waals surface area contributed by atoms with Crippen LogP contribution in [-0.4, -0.2) is 28.3 Å². The number of benzene rings is 2. The Bertz CT molecular complexity index is 1790. The molecule has 0 amide bonds. The number of rotatable bonds is 9. The highest BCUT2D eigenvalue weighted by Gasteiger charge is 2.30. The third-order valence-corrected chi connectivity index (χ3v) is 6.90. The first kappa shape index (κ1) is 27.2. The smallest absolute Gasteiger partial charge is 0.416 e. The molecule has 2 aromatic carbocycles. The molecule has 0 saturated heterocycles. The molecule has 206 valence electrons. The minimum Gasteiger partial charge on any atom is -0.493 e. The summed E-state index contributed by atoms with van der Waals surface area (Å²) in [4.78, 5) is 17.7. The lowest BCUT2D eigenvalue weighted by Crippen LogP contribution is -2.23. The van der Waals surface area contributed by atoms with Crippen LogP contribution in [0.4, 0.5) is 13.2 Å². The molecule has 11 heteroatoms. The van der Waals surface area contributed by atoms with Crippen molar-refractivity contribution in [2.45, 2.75) is 25.9 Å². The lowest BCUT2D eigenvalue weighted by molar-refractivity contribution is -0.137. The Hall–Kier alpha value is -4.38. The number of halogens is 3. The lowest BCUT2D eigenvalue weighted by Gasteiger charge is -2.10. The standard InChI is InChI=1S/C29H24F3N3O4S/c1-3-4-14-38-23-11-8-18(15-24(23)37-2)9-13-26-33-28-35(34-26)27(36)25(40-28)17-21-10-12-22(39-21)19-6-5-7-20(16-19)29(30,31)32/h5-13,15-17H,3-4,14H2,1-2H3/b13-9+,25-17-. The normalized spacial score (nSPS) is 12.6. The highest BCUT2D eigenvalue weighted by molar-refractivity contribution is 7.15. The molecule has 0 saturated carbocycles. The molecule has 0 bridgehead atoms. The third-order valence-electron chi connectivity index (χ3n) is 5.94. The van der Waals surface area contributed by atoms with E-state index in [-0.39, 0.29) is 16.9 Å². The van der Waals surface area contributed by atoms with Gasteiger partial charge in [-0.25, -0.2) is 0 Å². The van der Waals surface area contributed by atoms with Crippen molar-refractivity contribution in [3.63, 3.8) is 0 Å². The summed E-state index contributed by atoms with van der Waals surface area (Å²) in [5.41, 5.74) is -0.00744. The fraction of sp³-hybridized carbons (Fsp3) is 0.207. The van der Waals surface area contributed by atoms with Crippen LogP contribution in [0.15, 0.2) is 63.8 Å². The van der Waals surface area contributed by atoms with Crippen molar-refractivity contribution in [3.05, 3.63) is 92.2 Å². The number of hydrogen-bond donors (Lipinski definition) is 0. The molecule has 0 unspecified atom stereocenters. The molecule has 3 heterocycles. The van der Waals surface area contributed by atoms with Crippen molar-refractivity contribution in [1.82, 2.24) is 14.6 Å². The SMILES string of the molecule is CCCCOc1ccc(/C=C/c2nc3s/c(=C\c4ccc(-c5cccc(C(F)(F)F)c5)o4)c(=O)n3n2)cc1OC. The predicted octanol–water partition coefficient (Wildman–Crippen LogP) is 6.34. The van der Waals surface area contributed by atoms with Gasteiger partial charge >= 0.3 is 6.18 Å². The average molecular weight is 568 g/mol. The van der Waals surface area contributed by atoms with Crippen molar-refractivity contribution in [2.24, 2.45) is 0 Å². The van der Waals surface area contributed by atoms with Gasteiger partial charge < -0.3 is 13.9 Å². The lowest BCUT2D eigenvalue weighted by atomic mass is 10.1. The second kappa shape index (κ2) is 11.4. The number of aromatic nitrogens is 3. The molecule has 0 spiro atoms. The Morgan fingerprint density at radius 1 is 1.07 bits per heavy atom. The van der Waals surface area contributed by atoms with Crippen LogP contribution in [0.3, 0.4) is 0 Å². The molecule has 40 heavy (non-hydrogen) atoms. The Morgan fingerprint density at radius 2 is 1.93 bits per heavy atom. The number of fused-ring (bicyclic) bond motifs is 1. The van der Waals surface area contributed by atoms with Gasteiger partial charge in [-0.2, -0.15) is 22.7 Å². The molecule has 0 radical (unpaired) electrons. The molecular weight excluding hydrogens is 543 g/mol. The summed E-state index contributed by atoms with van der Waals surface area (Å²) in [6, 6.07) is 13.6. The van der Waals surface area contributed by atoms with Gasteiger partial charge in [0.15, 0.2) is 17.3 Å².